The maximum absolute atomic E-state index is 11.2. The number of para-hydroxylation sites is 1. The van der Waals surface area contributed by atoms with Gasteiger partial charge in [0, 0.05) is 18.4 Å². The van der Waals surface area contributed by atoms with Gasteiger partial charge in [-0.05, 0) is 31.9 Å². The zero-order chi connectivity index (χ0) is 17.1. The molecule has 1 atom stereocenters. The van der Waals surface area contributed by atoms with Gasteiger partial charge >= 0.3 is 5.97 Å². The Hall–Kier alpha value is -2.50. The van der Waals surface area contributed by atoms with Crippen molar-refractivity contribution in [2.75, 3.05) is 7.11 Å². The number of hydrogen-bond acceptors (Lipinski definition) is 4. The first kappa shape index (κ1) is 16.4. The van der Waals surface area contributed by atoms with E-state index >= 15 is 0 Å². The first-order valence-corrected chi connectivity index (χ1v) is 8.21. The van der Waals surface area contributed by atoms with Gasteiger partial charge in [0.05, 0.1) is 12.7 Å². The molecule has 1 aliphatic carbocycles. The van der Waals surface area contributed by atoms with Gasteiger partial charge < -0.3 is 19.1 Å². The number of aliphatic carboxylic acids is 1. The Bertz CT molecular complexity index is 720. The van der Waals surface area contributed by atoms with Crippen LogP contribution in [0, 0.1) is 0 Å². The molecule has 3 rings (SSSR count). The van der Waals surface area contributed by atoms with E-state index < -0.39 is 12.1 Å². The van der Waals surface area contributed by atoms with E-state index in [4.69, 9.17) is 14.6 Å². The van der Waals surface area contributed by atoms with Crippen molar-refractivity contribution >= 4 is 5.97 Å². The van der Waals surface area contributed by atoms with Crippen LogP contribution in [0.3, 0.4) is 0 Å². The minimum Gasteiger partial charge on any atom is -0.493 e. The lowest BCUT2D eigenvalue weighted by Gasteiger charge is -2.20. The Morgan fingerprint density at radius 1 is 1.38 bits per heavy atom. The van der Waals surface area contributed by atoms with E-state index in [1.807, 2.05) is 18.3 Å². The van der Waals surface area contributed by atoms with E-state index in [9.17, 15) is 4.79 Å². The standard InChI is InChI=1S/C18H22N2O4/c1-12(18(21)22)24-16-14(8-5-9-15(16)23-2)17-19-10-11-20(17)13-6-3-4-7-13/h5,8-13H,3-4,6-7H2,1-2H3,(H,21,22). The number of ether oxygens (including phenoxy) is 2. The highest BCUT2D eigenvalue weighted by Crippen LogP contribution is 2.40. The fourth-order valence-corrected chi connectivity index (χ4v) is 3.20. The molecule has 0 spiro atoms. The summed E-state index contributed by atoms with van der Waals surface area (Å²) >= 11 is 0. The highest BCUT2D eigenvalue weighted by atomic mass is 16.5. The van der Waals surface area contributed by atoms with Crippen molar-refractivity contribution in [3.05, 3.63) is 30.6 Å². The zero-order valence-electron chi connectivity index (χ0n) is 13.9. The fourth-order valence-electron chi connectivity index (χ4n) is 3.20. The van der Waals surface area contributed by atoms with Crippen molar-refractivity contribution in [3.63, 3.8) is 0 Å². The van der Waals surface area contributed by atoms with Crippen molar-refractivity contribution in [2.24, 2.45) is 0 Å². The van der Waals surface area contributed by atoms with Crippen molar-refractivity contribution in [2.45, 2.75) is 44.8 Å². The quantitative estimate of drug-likeness (QED) is 0.877. The third-order valence-electron chi connectivity index (χ3n) is 4.47. The molecule has 0 saturated heterocycles. The van der Waals surface area contributed by atoms with Crippen LogP contribution >= 0.6 is 0 Å². The number of hydrogen-bond donors (Lipinski definition) is 1. The molecule has 24 heavy (non-hydrogen) atoms. The summed E-state index contributed by atoms with van der Waals surface area (Å²) < 4.78 is 13.2. The van der Waals surface area contributed by atoms with Gasteiger partial charge in [-0.2, -0.15) is 0 Å². The summed E-state index contributed by atoms with van der Waals surface area (Å²) in [5, 5.41) is 9.17. The van der Waals surface area contributed by atoms with Crippen LogP contribution in [0.1, 0.15) is 38.6 Å². The lowest BCUT2D eigenvalue weighted by Crippen LogP contribution is -2.23. The average Bonchev–Trinajstić information content (AvgIpc) is 3.25. The van der Waals surface area contributed by atoms with E-state index in [0.717, 1.165) is 24.2 Å². The van der Waals surface area contributed by atoms with E-state index in [1.54, 1.807) is 19.4 Å². The molecule has 1 aromatic carbocycles. The Morgan fingerprint density at radius 3 is 2.79 bits per heavy atom. The maximum Gasteiger partial charge on any atom is 0.344 e. The molecule has 0 aliphatic heterocycles. The molecule has 1 unspecified atom stereocenters. The number of methoxy groups -OCH3 is 1. The summed E-state index contributed by atoms with van der Waals surface area (Å²) in [6, 6.07) is 5.94. The number of imidazole rings is 1. The second-order valence-corrected chi connectivity index (χ2v) is 6.03. The van der Waals surface area contributed by atoms with Crippen LogP contribution in [0.4, 0.5) is 0 Å². The number of benzene rings is 1. The van der Waals surface area contributed by atoms with Gasteiger partial charge in [-0.15, -0.1) is 0 Å². The first-order chi connectivity index (χ1) is 11.6. The molecule has 2 aromatic rings. The molecule has 1 heterocycles. The minimum absolute atomic E-state index is 0.417. The van der Waals surface area contributed by atoms with Crippen LogP contribution < -0.4 is 9.47 Å². The smallest absolute Gasteiger partial charge is 0.344 e. The number of carboxylic acid groups (broad SMARTS) is 1. The Labute approximate surface area is 141 Å². The molecule has 0 radical (unpaired) electrons. The summed E-state index contributed by atoms with van der Waals surface area (Å²) in [6.45, 7) is 1.50. The van der Waals surface area contributed by atoms with Gasteiger partial charge in [-0.3, -0.25) is 0 Å². The minimum atomic E-state index is -1.02. The summed E-state index contributed by atoms with van der Waals surface area (Å²) in [6.07, 6.45) is 7.49. The zero-order valence-corrected chi connectivity index (χ0v) is 13.9. The molecule has 6 heteroatoms. The van der Waals surface area contributed by atoms with Crippen LogP contribution in [0.15, 0.2) is 30.6 Å². The van der Waals surface area contributed by atoms with Gasteiger partial charge in [0.15, 0.2) is 17.6 Å². The van der Waals surface area contributed by atoms with Crippen LogP contribution in [0.5, 0.6) is 11.5 Å². The molecule has 6 nitrogen and oxygen atoms in total. The maximum atomic E-state index is 11.2. The van der Waals surface area contributed by atoms with Crippen molar-refractivity contribution in [1.29, 1.82) is 0 Å². The molecular weight excluding hydrogens is 308 g/mol. The Balaban J connectivity index is 2.05. The third-order valence-corrected chi connectivity index (χ3v) is 4.47. The number of nitrogens with zero attached hydrogens (tertiary/aromatic N) is 2. The molecular formula is C18H22N2O4. The summed E-state index contributed by atoms with van der Waals surface area (Å²) in [5.41, 5.74) is 0.749. The van der Waals surface area contributed by atoms with Gasteiger partial charge in [0.25, 0.3) is 0 Å². The predicted octanol–water partition coefficient (Wildman–Crippen LogP) is 3.53. The van der Waals surface area contributed by atoms with E-state index in [1.165, 1.54) is 19.8 Å². The summed E-state index contributed by atoms with van der Waals surface area (Å²) in [7, 11) is 1.54. The molecule has 128 valence electrons. The van der Waals surface area contributed by atoms with E-state index in [0.29, 0.717) is 17.5 Å². The average molecular weight is 330 g/mol. The Kier molecular flexibility index (Phi) is 4.74. The number of carbonyl (C=O) groups is 1. The number of rotatable bonds is 6. The number of carboxylic acids is 1. The second-order valence-electron chi connectivity index (χ2n) is 6.03. The first-order valence-electron chi connectivity index (χ1n) is 8.21. The normalized spacial score (nSPS) is 16.1. The van der Waals surface area contributed by atoms with Crippen LogP contribution in [0.2, 0.25) is 0 Å². The summed E-state index contributed by atoms with van der Waals surface area (Å²) in [4.78, 5) is 15.7. The molecule has 1 N–H and O–H groups in total. The lowest BCUT2D eigenvalue weighted by molar-refractivity contribution is -0.144. The largest absolute Gasteiger partial charge is 0.493 e. The fraction of sp³-hybridized carbons (Fsp3) is 0.444. The lowest BCUT2D eigenvalue weighted by atomic mass is 10.1. The monoisotopic (exact) mass is 330 g/mol. The van der Waals surface area contributed by atoms with Crippen molar-refractivity contribution in [1.82, 2.24) is 9.55 Å². The molecule has 1 fully saturated rings. The van der Waals surface area contributed by atoms with E-state index in [-0.39, 0.29) is 0 Å². The van der Waals surface area contributed by atoms with Gasteiger partial charge in [-0.1, -0.05) is 18.9 Å². The number of aromatic nitrogens is 2. The summed E-state index contributed by atoms with van der Waals surface area (Å²) in [5.74, 6) is 0.682. The molecule has 1 saturated carbocycles. The second kappa shape index (κ2) is 6.95. The van der Waals surface area contributed by atoms with Crippen molar-refractivity contribution in [3.8, 4) is 22.9 Å². The molecule has 0 bridgehead atoms. The molecule has 1 aromatic heterocycles. The highest BCUT2D eigenvalue weighted by Gasteiger charge is 2.24. The van der Waals surface area contributed by atoms with Gasteiger partial charge in [-0.25, -0.2) is 9.78 Å². The molecule has 1 aliphatic rings. The van der Waals surface area contributed by atoms with E-state index in [2.05, 4.69) is 9.55 Å². The van der Waals surface area contributed by atoms with Crippen molar-refractivity contribution < 1.29 is 19.4 Å². The van der Waals surface area contributed by atoms with Crippen LogP contribution in [-0.4, -0.2) is 33.8 Å². The molecule has 0 amide bonds. The predicted molar refractivity (Wildman–Crippen MR) is 89.4 cm³/mol. The topological polar surface area (TPSA) is 73.6 Å². The van der Waals surface area contributed by atoms with Crippen LogP contribution in [-0.2, 0) is 4.79 Å². The highest BCUT2D eigenvalue weighted by molar-refractivity contribution is 5.74. The van der Waals surface area contributed by atoms with Gasteiger partial charge in [0.2, 0.25) is 0 Å². The SMILES string of the molecule is COc1cccc(-c2nccn2C2CCCC2)c1OC(C)C(=O)O. The Morgan fingerprint density at radius 2 is 2.12 bits per heavy atom. The van der Waals surface area contributed by atoms with Gasteiger partial charge in [0.1, 0.15) is 5.82 Å². The van der Waals surface area contributed by atoms with Crippen LogP contribution in [0.25, 0.3) is 11.4 Å². The third kappa shape index (κ3) is 3.09.